The van der Waals surface area contributed by atoms with Crippen molar-refractivity contribution in [3.63, 3.8) is 0 Å². The summed E-state index contributed by atoms with van der Waals surface area (Å²) in [6.07, 6.45) is 10.2. The van der Waals surface area contributed by atoms with E-state index in [-0.39, 0.29) is 0 Å². The van der Waals surface area contributed by atoms with E-state index in [9.17, 15) is 0 Å². The normalized spacial score (nSPS) is 21.1. The smallest absolute Gasteiger partial charge is 0.153 e. The Kier molecular flexibility index (Phi) is 3.66. The van der Waals surface area contributed by atoms with Crippen molar-refractivity contribution in [1.82, 2.24) is 5.43 Å². The Morgan fingerprint density at radius 1 is 1.22 bits per heavy atom. The monoisotopic (exact) mass is 263 g/mol. The predicted octanol–water partition coefficient (Wildman–Crippen LogP) is 2.78. The molecule has 0 aromatic carbocycles. The molecule has 1 saturated carbocycles. The molecule has 0 spiro atoms. The van der Waals surface area contributed by atoms with Gasteiger partial charge >= 0.3 is 0 Å². The number of rotatable bonds is 2. The zero-order valence-corrected chi connectivity index (χ0v) is 11.6. The van der Waals surface area contributed by atoms with Gasteiger partial charge in [0.25, 0.3) is 0 Å². The lowest BCUT2D eigenvalue weighted by atomic mass is 9.99. The third-order valence-electron chi connectivity index (χ3n) is 4.00. The Morgan fingerprint density at radius 2 is 2.00 bits per heavy atom. The summed E-state index contributed by atoms with van der Waals surface area (Å²) in [5.74, 6) is 6.57. The van der Waals surface area contributed by atoms with Gasteiger partial charge in [-0.05, 0) is 50.2 Å². The highest BCUT2D eigenvalue weighted by molar-refractivity contribution is 7.14. The highest BCUT2D eigenvalue weighted by Crippen LogP contribution is 2.30. The number of fused-ring (bicyclic) bond motifs is 1. The van der Waals surface area contributed by atoms with Gasteiger partial charge in [-0.15, -0.1) is 11.3 Å². The second-order valence-corrected chi connectivity index (χ2v) is 6.46. The first kappa shape index (κ1) is 12.2. The Balaban J connectivity index is 1.84. The van der Waals surface area contributed by atoms with Crippen molar-refractivity contribution >= 4 is 17.2 Å². The Bertz CT molecular complexity index is 420. The predicted molar refractivity (Wildman–Crippen MR) is 77.1 cm³/mol. The second-order valence-electron chi connectivity index (χ2n) is 5.33. The Labute approximate surface area is 112 Å². The number of nitrogens with two attached hydrogens (primary N) is 1. The van der Waals surface area contributed by atoms with Gasteiger partial charge in [-0.2, -0.15) is 0 Å². The standard InChI is InChI=1S/C14H21N3S/c15-17-14(16-11-6-2-3-7-11)13-9-10-5-1-4-8-12(10)18-13/h9,11H,1-8,15H2,(H,16,17). The molecule has 3 nitrogen and oxygen atoms in total. The van der Waals surface area contributed by atoms with Gasteiger partial charge in [0.05, 0.1) is 10.9 Å². The van der Waals surface area contributed by atoms with Crippen LogP contribution in [0.5, 0.6) is 0 Å². The van der Waals surface area contributed by atoms with Crippen molar-refractivity contribution in [3.8, 4) is 0 Å². The Morgan fingerprint density at radius 3 is 2.72 bits per heavy atom. The number of hydrazine groups is 1. The molecule has 18 heavy (non-hydrogen) atoms. The summed E-state index contributed by atoms with van der Waals surface area (Å²) in [4.78, 5) is 7.58. The molecule has 0 aliphatic heterocycles. The molecule has 1 aromatic rings. The van der Waals surface area contributed by atoms with E-state index >= 15 is 0 Å². The van der Waals surface area contributed by atoms with E-state index in [4.69, 9.17) is 10.8 Å². The van der Waals surface area contributed by atoms with E-state index < -0.39 is 0 Å². The minimum atomic E-state index is 0.482. The zero-order valence-electron chi connectivity index (χ0n) is 10.7. The fourth-order valence-electron chi connectivity index (χ4n) is 3.00. The van der Waals surface area contributed by atoms with Gasteiger partial charge in [-0.3, -0.25) is 4.99 Å². The molecule has 1 heterocycles. The lowest BCUT2D eigenvalue weighted by Crippen LogP contribution is -2.31. The number of thiophene rings is 1. The summed E-state index contributed by atoms with van der Waals surface area (Å²) in [6.45, 7) is 0. The first-order chi connectivity index (χ1) is 8.86. The molecular formula is C14H21N3S. The number of nitrogens with one attached hydrogen (secondary N) is 1. The van der Waals surface area contributed by atoms with Gasteiger partial charge in [0.1, 0.15) is 0 Å². The summed E-state index contributed by atoms with van der Waals surface area (Å²) in [5.41, 5.74) is 4.34. The third kappa shape index (κ3) is 2.45. The van der Waals surface area contributed by atoms with Crippen LogP contribution in [0.15, 0.2) is 11.1 Å². The van der Waals surface area contributed by atoms with E-state index in [1.165, 1.54) is 61.8 Å². The van der Waals surface area contributed by atoms with E-state index in [1.54, 1.807) is 4.88 Å². The van der Waals surface area contributed by atoms with Crippen LogP contribution in [0.1, 0.15) is 53.8 Å². The zero-order chi connectivity index (χ0) is 12.4. The minimum Gasteiger partial charge on any atom is -0.308 e. The summed E-state index contributed by atoms with van der Waals surface area (Å²) in [6, 6.07) is 2.78. The number of aliphatic imine (C=N–C) groups is 1. The third-order valence-corrected chi connectivity index (χ3v) is 5.25. The molecule has 0 unspecified atom stereocenters. The molecule has 0 atom stereocenters. The Hall–Kier alpha value is -0.870. The van der Waals surface area contributed by atoms with Crippen LogP contribution in [0.3, 0.4) is 0 Å². The molecule has 2 aliphatic carbocycles. The van der Waals surface area contributed by atoms with Crippen LogP contribution in [-0.4, -0.2) is 11.9 Å². The van der Waals surface area contributed by atoms with Crippen LogP contribution < -0.4 is 11.3 Å². The van der Waals surface area contributed by atoms with Gasteiger partial charge in [0, 0.05) is 4.88 Å². The van der Waals surface area contributed by atoms with Crippen molar-refractivity contribution in [2.45, 2.75) is 57.4 Å². The number of amidine groups is 1. The van der Waals surface area contributed by atoms with Crippen molar-refractivity contribution in [2.75, 3.05) is 0 Å². The number of nitrogens with zero attached hydrogens (tertiary/aromatic N) is 1. The van der Waals surface area contributed by atoms with Gasteiger partial charge in [-0.25, -0.2) is 5.84 Å². The number of aryl methyl sites for hydroxylation is 2. The average Bonchev–Trinajstić information content (AvgIpc) is 3.04. The van der Waals surface area contributed by atoms with Gasteiger partial charge in [0.2, 0.25) is 0 Å². The highest BCUT2D eigenvalue weighted by atomic mass is 32.1. The summed E-state index contributed by atoms with van der Waals surface area (Å²) >= 11 is 1.88. The molecule has 3 N–H and O–H groups in total. The lowest BCUT2D eigenvalue weighted by molar-refractivity contribution is 0.696. The van der Waals surface area contributed by atoms with E-state index in [1.807, 2.05) is 11.3 Å². The quantitative estimate of drug-likeness (QED) is 0.373. The maximum Gasteiger partial charge on any atom is 0.153 e. The SMILES string of the molecule is NNC(=NC1CCCC1)c1cc2c(s1)CCCC2. The van der Waals surface area contributed by atoms with E-state index in [0.717, 1.165) is 5.84 Å². The van der Waals surface area contributed by atoms with Crippen molar-refractivity contribution in [2.24, 2.45) is 10.8 Å². The second kappa shape index (κ2) is 5.41. The molecule has 2 aliphatic rings. The van der Waals surface area contributed by atoms with Gasteiger partial charge < -0.3 is 5.43 Å². The molecule has 3 rings (SSSR count). The topological polar surface area (TPSA) is 50.4 Å². The molecule has 0 saturated heterocycles. The van der Waals surface area contributed by atoms with E-state index in [2.05, 4.69) is 11.5 Å². The largest absolute Gasteiger partial charge is 0.308 e. The van der Waals surface area contributed by atoms with Crippen molar-refractivity contribution in [1.29, 1.82) is 0 Å². The number of hydrogen-bond donors (Lipinski definition) is 2. The van der Waals surface area contributed by atoms with E-state index in [0.29, 0.717) is 6.04 Å². The summed E-state index contributed by atoms with van der Waals surface area (Å²) in [7, 11) is 0. The van der Waals surface area contributed by atoms with Crippen molar-refractivity contribution < 1.29 is 0 Å². The fraction of sp³-hybridized carbons (Fsp3) is 0.643. The molecule has 0 amide bonds. The number of hydrogen-bond acceptors (Lipinski definition) is 3. The first-order valence-electron chi connectivity index (χ1n) is 7.03. The summed E-state index contributed by atoms with van der Waals surface area (Å²) < 4.78 is 0. The lowest BCUT2D eigenvalue weighted by Gasteiger charge is -2.08. The first-order valence-corrected chi connectivity index (χ1v) is 7.85. The fourth-order valence-corrected chi connectivity index (χ4v) is 4.21. The van der Waals surface area contributed by atoms with Crippen LogP contribution >= 0.6 is 11.3 Å². The van der Waals surface area contributed by atoms with Crippen LogP contribution in [-0.2, 0) is 12.8 Å². The molecular weight excluding hydrogens is 242 g/mol. The van der Waals surface area contributed by atoms with Gasteiger partial charge in [0.15, 0.2) is 5.84 Å². The highest BCUT2D eigenvalue weighted by Gasteiger charge is 2.18. The van der Waals surface area contributed by atoms with Crippen LogP contribution in [0.2, 0.25) is 0 Å². The molecule has 4 heteroatoms. The minimum absolute atomic E-state index is 0.482. The summed E-state index contributed by atoms with van der Waals surface area (Å²) in [5, 5.41) is 0. The van der Waals surface area contributed by atoms with Crippen LogP contribution in [0.25, 0.3) is 0 Å². The average molecular weight is 263 g/mol. The molecule has 1 fully saturated rings. The molecule has 0 radical (unpaired) electrons. The maximum atomic E-state index is 5.67. The molecule has 0 bridgehead atoms. The van der Waals surface area contributed by atoms with Gasteiger partial charge in [-0.1, -0.05) is 12.8 Å². The molecule has 1 aromatic heterocycles. The molecule has 98 valence electrons. The van der Waals surface area contributed by atoms with Crippen LogP contribution in [0, 0.1) is 0 Å². The maximum absolute atomic E-state index is 5.67. The van der Waals surface area contributed by atoms with Crippen LogP contribution in [0.4, 0.5) is 0 Å². The van der Waals surface area contributed by atoms with Crippen molar-refractivity contribution in [3.05, 3.63) is 21.4 Å².